The van der Waals surface area contributed by atoms with Crippen LogP contribution >= 0.6 is 11.6 Å². The topological polar surface area (TPSA) is 65.5 Å². The number of nitrogens with zero attached hydrogens (tertiary/aromatic N) is 1. The average Bonchev–Trinajstić information content (AvgIpc) is 2.60. The van der Waals surface area contributed by atoms with Crippen LogP contribution in [0.2, 0.25) is 5.02 Å². The highest BCUT2D eigenvalue weighted by molar-refractivity contribution is 6.30. The third kappa shape index (κ3) is 7.27. The first-order valence-electron chi connectivity index (χ1n) is 8.29. The summed E-state index contributed by atoms with van der Waals surface area (Å²) in [6, 6.07) is 17.1. The third-order valence-corrected chi connectivity index (χ3v) is 3.61. The molecule has 0 aliphatic heterocycles. The van der Waals surface area contributed by atoms with Gasteiger partial charge in [-0.3, -0.25) is 4.79 Å². The second-order valence-electron chi connectivity index (χ2n) is 5.42. The maximum Gasteiger partial charge on any atom is 0.246 e. The Kier molecular flexibility index (Phi) is 7.79. The summed E-state index contributed by atoms with van der Waals surface area (Å²) in [6.45, 7) is 3.47. The van der Waals surface area contributed by atoms with Crippen molar-refractivity contribution in [3.05, 3.63) is 65.2 Å². The van der Waals surface area contributed by atoms with E-state index < -0.39 is 0 Å². The predicted molar refractivity (Wildman–Crippen MR) is 104 cm³/mol. The van der Waals surface area contributed by atoms with Crippen LogP contribution in [0, 0.1) is 0 Å². The third-order valence-electron chi connectivity index (χ3n) is 3.38. The van der Waals surface area contributed by atoms with Crippen molar-refractivity contribution in [2.75, 3.05) is 25.0 Å². The fourth-order valence-corrected chi connectivity index (χ4v) is 2.45. The van der Waals surface area contributed by atoms with Gasteiger partial charge in [0.2, 0.25) is 5.91 Å². The molecule has 6 heteroatoms. The van der Waals surface area contributed by atoms with E-state index in [1.165, 1.54) is 0 Å². The first kappa shape index (κ1) is 18.8. The summed E-state index contributed by atoms with van der Waals surface area (Å²) in [4.78, 5) is 16.3. The number of hydrogen-bond acceptors (Lipinski definition) is 2. The van der Waals surface area contributed by atoms with Crippen molar-refractivity contribution in [2.45, 2.75) is 13.3 Å². The van der Waals surface area contributed by atoms with E-state index in [9.17, 15) is 4.79 Å². The van der Waals surface area contributed by atoms with Crippen molar-refractivity contribution < 1.29 is 4.79 Å². The van der Waals surface area contributed by atoms with E-state index in [4.69, 9.17) is 11.6 Å². The Balaban J connectivity index is 1.82. The zero-order valence-corrected chi connectivity index (χ0v) is 15.0. The molecular formula is C19H23ClN4O. The van der Waals surface area contributed by atoms with Gasteiger partial charge in [-0.25, -0.2) is 4.99 Å². The van der Waals surface area contributed by atoms with Crippen LogP contribution in [-0.2, 0) is 11.2 Å². The van der Waals surface area contributed by atoms with Crippen LogP contribution in [0.15, 0.2) is 59.6 Å². The molecule has 0 heterocycles. The summed E-state index contributed by atoms with van der Waals surface area (Å²) in [5, 5.41) is 9.90. The zero-order chi connectivity index (χ0) is 17.9. The van der Waals surface area contributed by atoms with Gasteiger partial charge in [-0.05, 0) is 43.2 Å². The molecule has 3 N–H and O–H groups in total. The standard InChI is InChI=1S/C19H23ClN4O/c1-2-21-19(22-12-11-15-7-6-8-16(20)13-15)23-14-18(25)24-17-9-4-3-5-10-17/h3-10,13H,2,11-12,14H2,1H3,(H,24,25)(H2,21,22,23). The van der Waals surface area contributed by atoms with Gasteiger partial charge in [0.05, 0.1) is 0 Å². The zero-order valence-electron chi connectivity index (χ0n) is 14.3. The Labute approximate surface area is 153 Å². The van der Waals surface area contributed by atoms with Gasteiger partial charge in [0.25, 0.3) is 0 Å². The normalized spacial score (nSPS) is 11.0. The highest BCUT2D eigenvalue weighted by Crippen LogP contribution is 2.10. The number of amides is 1. The summed E-state index contributed by atoms with van der Waals surface area (Å²) in [5.41, 5.74) is 1.92. The van der Waals surface area contributed by atoms with Gasteiger partial charge >= 0.3 is 0 Å². The van der Waals surface area contributed by atoms with E-state index >= 15 is 0 Å². The van der Waals surface area contributed by atoms with Crippen LogP contribution in [-0.4, -0.2) is 31.5 Å². The molecule has 0 aromatic heterocycles. The van der Waals surface area contributed by atoms with Gasteiger partial charge in [-0.1, -0.05) is 41.9 Å². The Morgan fingerprint density at radius 1 is 1.08 bits per heavy atom. The first-order valence-corrected chi connectivity index (χ1v) is 8.66. The minimum Gasteiger partial charge on any atom is -0.357 e. The molecule has 0 aliphatic carbocycles. The molecule has 0 fully saturated rings. The molecule has 132 valence electrons. The van der Waals surface area contributed by atoms with Gasteiger partial charge in [0.1, 0.15) is 6.54 Å². The highest BCUT2D eigenvalue weighted by atomic mass is 35.5. The Bertz CT molecular complexity index is 704. The lowest BCUT2D eigenvalue weighted by molar-refractivity contribution is -0.114. The Morgan fingerprint density at radius 3 is 2.60 bits per heavy atom. The molecule has 1 amide bonds. The van der Waals surface area contributed by atoms with Crippen molar-refractivity contribution in [1.29, 1.82) is 0 Å². The van der Waals surface area contributed by atoms with Crippen LogP contribution in [0.4, 0.5) is 5.69 Å². The molecule has 0 unspecified atom stereocenters. The molecule has 2 aromatic rings. The van der Waals surface area contributed by atoms with Crippen molar-refractivity contribution in [3.63, 3.8) is 0 Å². The average molecular weight is 359 g/mol. The van der Waals surface area contributed by atoms with Crippen LogP contribution in [0.3, 0.4) is 0 Å². The monoisotopic (exact) mass is 358 g/mol. The Morgan fingerprint density at radius 2 is 1.88 bits per heavy atom. The number of benzene rings is 2. The largest absolute Gasteiger partial charge is 0.357 e. The summed E-state index contributed by atoms with van der Waals surface area (Å²) in [6.07, 6.45) is 0.821. The highest BCUT2D eigenvalue weighted by Gasteiger charge is 2.03. The van der Waals surface area contributed by atoms with E-state index in [1.807, 2.05) is 61.5 Å². The lowest BCUT2D eigenvalue weighted by atomic mass is 10.1. The minimum atomic E-state index is -0.154. The molecule has 2 rings (SSSR count). The molecule has 5 nitrogen and oxygen atoms in total. The Hall–Kier alpha value is -2.53. The van der Waals surface area contributed by atoms with Crippen LogP contribution in [0.5, 0.6) is 0 Å². The van der Waals surface area contributed by atoms with Gasteiger partial charge in [0.15, 0.2) is 5.96 Å². The molecular weight excluding hydrogens is 336 g/mol. The number of aliphatic imine (C=N–C) groups is 1. The van der Waals surface area contributed by atoms with Gasteiger partial charge < -0.3 is 16.0 Å². The summed E-state index contributed by atoms with van der Waals surface area (Å²) in [7, 11) is 0. The summed E-state index contributed by atoms with van der Waals surface area (Å²) in [5.74, 6) is 0.464. The molecule has 0 bridgehead atoms. The first-order chi connectivity index (χ1) is 12.2. The second kappa shape index (κ2) is 10.4. The molecule has 0 aliphatic rings. The van der Waals surface area contributed by atoms with Gasteiger partial charge in [-0.15, -0.1) is 0 Å². The molecule has 0 saturated heterocycles. The van der Waals surface area contributed by atoms with E-state index in [1.54, 1.807) is 0 Å². The molecule has 2 aromatic carbocycles. The molecule has 0 radical (unpaired) electrons. The van der Waals surface area contributed by atoms with Crippen molar-refractivity contribution in [1.82, 2.24) is 10.6 Å². The number of halogens is 1. The van der Waals surface area contributed by atoms with Crippen molar-refractivity contribution in [3.8, 4) is 0 Å². The number of nitrogens with one attached hydrogen (secondary N) is 3. The maximum absolute atomic E-state index is 12.0. The number of rotatable bonds is 7. The van der Waals surface area contributed by atoms with E-state index in [0.717, 1.165) is 29.2 Å². The number of anilines is 1. The van der Waals surface area contributed by atoms with Crippen LogP contribution in [0.25, 0.3) is 0 Å². The SMILES string of the molecule is CCNC(=NCC(=O)Nc1ccccc1)NCCc1cccc(Cl)c1. The maximum atomic E-state index is 12.0. The molecule has 0 atom stereocenters. The molecule has 0 spiro atoms. The second-order valence-corrected chi connectivity index (χ2v) is 5.85. The summed E-state index contributed by atoms with van der Waals surface area (Å²) < 4.78 is 0. The molecule has 0 saturated carbocycles. The summed E-state index contributed by atoms with van der Waals surface area (Å²) >= 11 is 5.99. The van der Waals surface area contributed by atoms with Crippen LogP contribution < -0.4 is 16.0 Å². The fraction of sp³-hybridized carbons (Fsp3) is 0.263. The minimum absolute atomic E-state index is 0.0569. The number of guanidine groups is 1. The fourth-order valence-electron chi connectivity index (χ4n) is 2.23. The number of hydrogen-bond donors (Lipinski definition) is 3. The molecule has 25 heavy (non-hydrogen) atoms. The lowest BCUT2D eigenvalue weighted by Crippen LogP contribution is -2.39. The number of carbonyl (C=O) groups is 1. The van der Waals surface area contributed by atoms with Gasteiger partial charge in [-0.2, -0.15) is 0 Å². The van der Waals surface area contributed by atoms with E-state index in [0.29, 0.717) is 12.5 Å². The van der Waals surface area contributed by atoms with Crippen molar-refractivity contribution >= 4 is 29.2 Å². The van der Waals surface area contributed by atoms with E-state index in [-0.39, 0.29) is 12.5 Å². The van der Waals surface area contributed by atoms with Crippen molar-refractivity contribution in [2.24, 2.45) is 4.99 Å². The number of carbonyl (C=O) groups excluding carboxylic acids is 1. The van der Waals surface area contributed by atoms with E-state index in [2.05, 4.69) is 20.9 Å². The quantitative estimate of drug-likeness (QED) is 0.526. The lowest BCUT2D eigenvalue weighted by Gasteiger charge is -2.11. The number of para-hydroxylation sites is 1. The smallest absolute Gasteiger partial charge is 0.246 e. The van der Waals surface area contributed by atoms with Crippen LogP contribution in [0.1, 0.15) is 12.5 Å². The predicted octanol–water partition coefficient (Wildman–Crippen LogP) is 3.08. The van der Waals surface area contributed by atoms with Gasteiger partial charge in [0, 0.05) is 23.8 Å².